The molecule has 0 saturated carbocycles. The van der Waals surface area contributed by atoms with Crippen LogP contribution in [0.15, 0.2) is 18.2 Å². The highest BCUT2D eigenvalue weighted by Crippen LogP contribution is 2.23. The molecule has 1 aromatic rings. The van der Waals surface area contributed by atoms with Crippen LogP contribution in [-0.4, -0.2) is 88.6 Å². The highest BCUT2D eigenvalue weighted by atomic mass is 32.2. The fourth-order valence-corrected chi connectivity index (χ4v) is 6.02. The van der Waals surface area contributed by atoms with Gasteiger partial charge in [-0.15, -0.1) is 0 Å². The van der Waals surface area contributed by atoms with Gasteiger partial charge in [0.1, 0.15) is 17.6 Å². The monoisotopic (exact) mass is 640 g/mol. The summed E-state index contributed by atoms with van der Waals surface area (Å²) in [6.45, 7) is 3.62. The average molecular weight is 641 g/mol. The molecule has 0 spiro atoms. The van der Waals surface area contributed by atoms with E-state index in [1.54, 1.807) is 23.5 Å². The predicted molar refractivity (Wildman–Crippen MR) is 166 cm³/mol. The maximum Gasteiger partial charge on any atom is 0.246 e. The maximum atomic E-state index is 13.6. The van der Waals surface area contributed by atoms with Crippen LogP contribution in [0, 0.1) is 5.92 Å². The minimum absolute atomic E-state index is 0.0187. The Morgan fingerprint density at radius 1 is 0.977 bits per heavy atom. The maximum absolute atomic E-state index is 13.6. The number of primary amides is 2. The number of aromatic nitrogens is 1. The highest BCUT2D eigenvalue weighted by molar-refractivity contribution is 7.98. The minimum Gasteiger partial charge on any atom is -0.394 e. The van der Waals surface area contributed by atoms with E-state index in [1.165, 1.54) is 0 Å². The van der Waals surface area contributed by atoms with E-state index in [0.717, 1.165) is 11.4 Å². The Hall–Kier alpha value is -2.88. The van der Waals surface area contributed by atoms with E-state index in [2.05, 4.69) is 20.9 Å². The molecule has 1 aromatic heterocycles. The van der Waals surface area contributed by atoms with Crippen molar-refractivity contribution in [3.63, 3.8) is 0 Å². The van der Waals surface area contributed by atoms with Crippen molar-refractivity contribution in [3.05, 3.63) is 29.6 Å². The molecular formula is C28H44N6O7S2. The number of nitrogens with zero attached hydrogens (tertiary/aromatic N) is 1. The first-order chi connectivity index (χ1) is 20.5. The summed E-state index contributed by atoms with van der Waals surface area (Å²) in [5, 5.41) is 17.4. The molecule has 43 heavy (non-hydrogen) atoms. The molecule has 1 aliphatic rings. The number of rotatable bonds is 19. The Morgan fingerprint density at radius 3 is 2.12 bits per heavy atom. The Kier molecular flexibility index (Phi) is 15.8. The van der Waals surface area contributed by atoms with Gasteiger partial charge in [-0.3, -0.25) is 29.0 Å². The molecule has 240 valence electrons. The molecule has 1 fully saturated rings. The molecule has 0 unspecified atom stereocenters. The number of hydrogen-bond acceptors (Lipinski definition) is 10. The van der Waals surface area contributed by atoms with Crippen LogP contribution in [0.5, 0.6) is 0 Å². The van der Waals surface area contributed by atoms with Crippen LogP contribution in [0.4, 0.5) is 0 Å². The zero-order valence-corrected chi connectivity index (χ0v) is 26.4. The molecule has 2 atom stereocenters. The summed E-state index contributed by atoms with van der Waals surface area (Å²) in [6.07, 6.45) is 1.25. The zero-order chi connectivity index (χ0) is 31.8. The van der Waals surface area contributed by atoms with Gasteiger partial charge in [-0.2, -0.15) is 23.5 Å². The summed E-state index contributed by atoms with van der Waals surface area (Å²) in [5.74, 6) is -0.214. The fraction of sp³-hybridized carbons (Fsp3) is 0.643. The number of thioether (sulfide) groups is 2. The van der Waals surface area contributed by atoms with Crippen molar-refractivity contribution in [1.82, 2.24) is 20.9 Å². The van der Waals surface area contributed by atoms with Crippen LogP contribution in [0.1, 0.15) is 57.3 Å². The lowest BCUT2D eigenvalue weighted by Gasteiger charge is -2.37. The van der Waals surface area contributed by atoms with Crippen molar-refractivity contribution in [2.24, 2.45) is 17.4 Å². The third kappa shape index (κ3) is 13.1. The molecule has 2 rings (SSSR count). The number of aliphatic hydroxyl groups is 1. The average Bonchev–Trinajstić information content (AvgIpc) is 2.96. The first kappa shape index (κ1) is 36.3. The summed E-state index contributed by atoms with van der Waals surface area (Å²) in [5.41, 5.74) is 10.9. The zero-order valence-electron chi connectivity index (χ0n) is 24.8. The van der Waals surface area contributed by atoms with Gasteiger partial charge in [-0.05, 0) is 24.5 Å². The number of carbonyl (C=O) groups is 5. The Balaban J connectivity index is 1.94. The summed E-state index contributed by atoms with van der Waals surface area (Å²) in [4.78, 5) is 66.5. The lowest BCUT2D eigenvalue weighted by atomic mass is 9.87. The SMILES string of the molecule is CC(C)C[C@H](NC(=O)C1(NC(=O)CCSCc2cccc(CSCCC(N)=O)n2)CCOCC1)C(=O)N[C@@H](CO)C(N)=O. The third-order valence-corrected chi connectivity index (χ3v) is 8.65. The van der Waals surface area contributed by atoms with Gasteiger partial charge >= 0.3 is 0 Å². The quantitative estimate of drug-likeness (QED) is 0.111. The summed E-state index contributed by atoms with van der Waals surface area (Å²) in [7, 11) is 0. The summed E-state index contributed by atoms with van der Waals surface area (Å²) in [6, 6.07) is 3.49. The standard InChI is InChI=1S/C28H44N6O7S2/c1-18(2)14-21(26(39)32-22(15-35)25(30)38)33-27(40)28(8-10-41-11-9-28)34-24(37)7-13-43-17-20-5-3-4-19(31-20)16-42-12-6-23(29)36/h3-5,18,21-22,35H,6-17H2,1-2H3,(H2,29,36)(H2,30,38)(H,32,39)(H,33,40)(H,34,37)/t21-,22-/m0/s1. The van der Waals surface area contributed by atoms with Gasteiger partial charge in [0.05, 0.1) is 18.0 Å². The Labute approximate surface area is 260 Å². The number of hydrogen-bond donors (Lipinski definition) is 6. The van der Waals surface area contributed by atoms with Crippen LogP contribution in [-0.2, 0) is 40.2 Å². The predicted octanol–water partition coefficient (Wildman–Crippen LogP) is -0.0278. The molecule has 15 heteroatoms. The normalized spacial score (nSPS) is 15.7. The largest absolute Gasteiger partial charge is 0.394 e. The molecule has 2 heterocycles. The molecule has 1 saturated heterocycles. The second-order valence-corrected chi connectivity index (χ2v) is 12.9. The van der Waals surface area contributed by atoms with Gasteiger partial charge in [-0.25, -0.2) is 0 Å². The second kappa shape index (κ2) is 18.7. The van der Waals surface area contributed by atoms with Gasteiger partial charge in [0, 0.05) is 61.9 Å². The van der Waals surface area contributed by atoms with Crippen molar-refractivity contribution >= 4 is 53.1 Å². The smallest absolute Gasteiger partial charge is 0.246 e. The molecule has 8 N–H and O–H groups in total. The molecule has 5 amide bonds. The first-order valence-corrected chi connectivity index (χ1v) is 16.6. The van der Waals surface area contributed by atoms with E-state index in [-0.39, 0.29) is 56.6 Å². The number of ether oxygens (including phenoxy) is 1. The van der Waals surface area contributed by atoms with Crippen molar-refractivity contribution in [1.29, 1.82) is 0 Å². The van der Waals surface area contributed by atoms with Gasteiger partial charge in [0.25, 0.3) is 0 Å². The van der Waals surface area contributed by atoms with Crippen molar-refractivity contribution < 1.29 is 33.8 Å². The lowest BCUT2D eigenvalue weighted by Crippen LogP contribution is -2.64. The van der Waals surface area contributed by atoms with Crippen molar-refractivity contribution in [2.75, 3.05) is 31.3 Å². The molecule has 0 radical (unpaired) electrons. The van der Waals surface area contributed by atoms with E-state index in [0.29, 0.717) is 29.4 Å². The Morgan fingerprint density at radius 2 is 1.58 bits per heavy atom. The number of nitrogens with one attached hydrogen (secondary N) is 3. The lowest BCUT2D eigenvalue weighted by molar-refractivity contribution is -0.140. The van der Waals surface area contributed by atoms with Crippen LogP contribution in [0.2, 0.25) is 0 Å². The molecular weight excluding hydrogens is 596 g/mol. The van der Waals surface area contributed by atoms with Gasteiger partial charge in [0.2, 0.25) is 29.5 Å². The number of nitrogens with two attached hydrogens (primary N) is 2. The molecule has 0 aromatic carbocycles. The van der Waals surface area contributed by atoms with Gasteiger partial charge < -0.3 is 37.3 Å². The number of amides is 5. The third-order valence-electron chi connectivity index (χ3n) is 6.66. The molecule has 0 bridgehead atoms. The highest BCUT2D eigenvalue weighted by Gasteiger charge is 2.43. The number of carbonyl (C=O) groups excluding carboxylic acids is 5. The summed E-state index contributed by atoms with van der Waals surface area (Å²) < 4.78 is 5.44. The van der Waals surface area contributed by atoms with Crippen molar-refractivity contribution in [3.8, 4) is 0 Å². The molecule has 0 aliphatic carbocycles. The van der Waals surface area contributed by atoms with E-state index in [1.807, 2.05) is 32.0 Å². The second-order valence-electron chi connectivity index (χ2n) is 10.7. The van der Waals surface area contributed by atoms with E-state index in [4.69, 9.17) is 16.2 Å². The Bertz CT molecular complexity index is 1100. The van der Waals surface area contributed by atoms with Crippen LogP contribution >= 0.6 is 23.5 Å². The van der Waals surface area contributed by atoms with Gasteiger partial charge in [-0.1, -0.05) is 19.9 Å². The molecule has 13 nitrogen and oxygen atoms in total. The van der Waals surface area contributed by atoms with Gasteiger partial charge in [0.15, 0.2) is 0 Å². The van der Waals surface area contributed by atoms with Crippen LogP contribution in [0.3, 0.4) is 0 Å². The van der Waals surface area contributed by atoms with Crippen molar-refractivity contribution in [2.45, 2.75) is 75.1 Å². The van der Waals surface area contributed by atoms with E-state index < -0.39 is 42.0 Å². The number of aliphatic hydroxyl groups excluding tert-OH is 1. The first-order valence-electron chi connectivity index (χ1n) is 14.2. The topological polar surface area (TPSA) is 216 Å². The summed E-state index contributed by atoms with van der Waals surface area (Å²) >= 11 is 3.14. The molecule has 1 aliphatic heterocycles. The van der Waals surface area contributed by atoms with Crippen LogP contribution in [0.25, 0.3) is 0 Å². The fourth-order valence-electron chi connectivity index (χ4n) is 4.32. The number of pyridine rings is 1. The minimum atomic E-state index is -1.28. The van der Waals surface area contributed by atoms with E-state index >= 15 is 0 Å². The van der Waals surface area contributed by atoms with Crippen LogP contribution < -0.4 is 27.4 Å². The van der Waals surface area contributed by atoms with E-state index in [9.17, 15) is 29.1 Å².